The van der Waals surface area contributed by atoms with Gasteiger partial charge in [0.25, 0.3) is 5.91 Å². The number of benzene rings is 3. The maximum absolute atomic E-state index is 13.2. The molecule has 2 heterocycles. The highest BCUT2D eigenvalue weighted by Gasteiger charge is 2.29. The van der Waals surface area contributed by atoms with Gasteiger partial charge in [0.1, 0.15) is 0 Å². The topological polar surface area (TPSA) is 83.1 Å². The zero-order valence-electron chi connectivity index (χ0n) is 20.1. The number of nitrogens with one attached hydrogen (secondary N) is 2. The Hall–Kier alpha value is -3.82. The molecule has 0 atom stereocenters. The second-order valence-corrected chi connectivity index (χ2v) is 9.74. The van der Waals surface area contributed by atoms with Crippen LogP contribution in [-0.4, -0.2) is 51.2 Å². The van der Waals surface area contributed by atoms with Crippen LogP contribution in [0.1, 0.15) is 11.1 Å². The van der Waals surface area contributed by atoms with Gasteiger partial charge in [-0.15, -0.1) is 0 Å². The van der Waals surface area contributed by atoms with E-state index in [1.165, 1.54) is 0 Å². The van der Waals surface area contributed by atoms with Gasteiger partial charge >= 0.3 is 0 Å². The van der Waals surface area contributed by atoms with Gasteiger partial charge in [-0.3, -0.25) is 9.59 Å². The highest BCUT2D eigenvalue weighted by molar-refractivity contribution is 9.10. The Balaban J connectivity index is 1.53. The fourth-order valence-corrected chi connectivity index (χ4v) is 4.52. The highest BCUT2D eigenvalue weighted by Crippen LogP contribution is 2.41. The number of fused-ring (bicyclic) bond motifs is 2. The molecule has 0 saturated heterocycles. The molecule has 184 valence electrons. The lowest BCUT2D eigenvalue weighted by molar-refractivity contribution is -0.119. The largest absolute Gasteiger partial charge is 0.454 e. The van der Waals surface area contributed by atoms with E-state index in [2.05, 4.69) is 26.6 Å². The quantitative estimate of drug-likeness (QED) is 0.437. The molecule has 0 bridgehead atoms. The first kappa shape index (κ1) is 23.9. The number of nitrogens with zero attached hydrogens (tertiary/aromatic N) is 2. The van der Waals surface area contributed by atoms with Crippen molar-refractivity contribution in [2.24, 2.45) is 0 Å². The Morgan fingerprint density at radius 1 is 1.00 bits per heavy atom. The number of halogens is 1. The molecule has 3 aromatic carbocycles. The van der Waals surface area contributed by atoms with Crippen molar-refractivity contribution in [2.75, 3.05) is 50.0 Å². The molecule has 0 fully saturated rings. The van der Waals surface area contributed by atoms with Crippen molar-refractivity contribution in [3.8, 4) is 11.5 Å². The third-order valence-corrected chi connectivity index (χ3v) is 6.48. The molecule has 0 aromatic heterocycles. The molecule has 0 aliphatic carbocycles. The van der Waals surface area contributed by atoms with E-state index in [4.69, 9.17) is 9.47 Å². The Morgan fingerprint density at radius 2 is 1.75 bits per heavy atom. The smallest absolute Gasteiger partial charge is 0.258 e. The summed E-state index contributed by atoms with van der Waals surface area (Å²) in [6, 6.07) is 18.8. The van der Waals surface area contributed by atoms with Crippen molar-refractivity contribution < 1.29 is 19.1 Å². The van der Waals surface area contributed by atoms with E-state index in [0.29, 0.717) is 29.3 Å². The van der Waals surface area contributed by atoms with E-state index in [1.54, 1.807) is 11.9 Å². The van der Waals surface area contributed by atoms with Crippen molar-refractivity contribution in [1.29, 1.82) is 0 Å². The maximum Gasteiger partial charge on any atom is 0.258 e. The van der Waals surface area contributed by atoms with Crippen molar-refractivity contribution in [1.82, 2.24) is 4.90 Å². The van der Waals surface area contributed by atoms with Crippen LogP contribution < -0.4 is 25.0 Å². The number of anilines is 3. The summed E-state index contributed by atoms with van der Waals surface area (Å²) in [5.74, 6) is 1.08. The van der Waals surface area contributed by atoms with Crippen LogP contribution in [0.15, 0.2) is 65.1 Å². The van der Waals surface area contributed by atoms with E-state index in [0.717, 1.165) is 32.7 Å². The number of likely N-dealkylation sites (N-methyl/N-ethyl adjacent to an activating group) is 2. The van der Waals surface area contributed by atoms with Crippen LogP contribution in [0.4, 0.5) is 17.1 Å². The van der Waals surface area contributed by atoms with E-state index < -0.39 is 0 Å². The van der Waals surface area contributed by atoms with Gasteiger partial charge in [0.05, 0.1) is 23.5 Å². The van der Waals surface area contributed by atoms with Gasteiger partial charge in [-0.2, -0.15) is 0 Å². The van der Waals surface area contributed by atoms with Crippen LogP contribution >= 0.6 is 15.9 Å². The average Bonchev–Trinajstić information content (AvgIpc) is 3.44. The number of carbonyl (C=O) groups is 2. The minimum Gasteiger partial charge on any atom is -0.454 e. The Morgan fingerprint density at radius 3 is 2.50 bits per heavy atom. The molecule has 0 unspecified atom stereocenters. The number of hydrogen-bond donors (Lipinski definition) is 2. The second kappa shape index (κ2) is 9.67. The molecular weight excluding hydrogens is 524 g/mol. The van der Waals surface area contributed by atoms with E-state index in [9.17, 15) is 9.59 Å². The molecule has 8 nitrogen and oxygen atoms in total. The number of ether oxygens (including phenoxy) is 2. The lowest BCUT2D eigenvalue weighted by Gasteiger charge is -2.20. The van der Waals surface area contributed by atoms with Crippen molar-refractivity contribution in [3.63, 3.8) is 0 Å². The van der Waals surface area contributed by atoms with Gasteiger partial charge in [0.15, 0.2) is 11.5 Å². The predicted molar refractivity (Wildman–Crippen MR) is 144 cm³/mol. The van der Waals surface area contributed by atoms with Crippen LogP contribution in [0, 0.1) is 0 Å². The van der Waals surface area contributed by atoms with Gasteiger partial charge in [0, 0.05) is 34.0 Å². The van der Waals surface area contributed by atoms with Gasteiger partial charge in [-0.25, -0.2) is 0 Å². The van der Waals surface area contributed by atoms with Crippen molar-refractivity contribution in [3.05, 3.63) is 76.3 Å². The fraction of sp³-hybridized carbons (Fsp3) is 0.185. The SMILES string of the molecule is CN(C)CC(=O)N(C)c1ccc(N/C(=C2\C(=O)Nc3cc(Br)ccc32)c2ccc3c(c2)OCO3)cc1. The van der Waals surface area contributed by atoms with Gasteiger partial charge in [0.2, 0.25) is 12.7 Å². The van der Waals surface area contributed by atoms with Crippen LogP contribution in [0.2, 0.25) is 0 Å². The molecular formula is C27H25BrN4O4. The van der Waals surface area contributed by atoms with Crippen LogP contribution in [0.25, 0.3) is 11.3 Å². The molecule has 2 N–H and O–H groups in total. The summed E-state index contributed by atoms with van der Waals surface area (Å²) in [6.45, 7) is 0.485. The average molecular weight is 549 g/mol. The van der Waals surface area contributed by atoms with E-state index >= 15 is 0 Å². The van der Waals surface area contributed by atoms with Crippen LogP contribution in [-0.2, 0) is 9.59 Å². The summed E-state index contributed by atoms with van der Waals surface area (Å²) in [5, 5.41) is 6.40. The lowest BCUT2D eigenvalue weighted by Crippen LogP contribution is -2.34. The molecule has 2 aliphatic heterocycles. The Bertz CT molecular complexity index is 1390. The minimum atomic E-state index is -0.200. The second-order valence-electron chi connectivity index (χ2n) is 8.82. The molecule has 9 heteroatoms. The van der Waals surface area contributed by atoms with Gasteiger partial charge in [-0.1, -0.05) is 22.0 Å². The van der Waals surface area contributed by atoms with Crippen molar-refractivity contribution >= 4 is 56.1 Å². The number of carbonyl (C=O) groups excluding carboxylic acids is 2. The van der Waals surface area contributed by atoms with Gasteiger partial charge < -0.3 is 29.9 Å². The van der Waals surface area contributed by atoms with Crippen LogP contribution in [0.3, 0.4) is 0 Å². The van der Waals surface area contributed by atoms with Crippen LogP contribution in [0.5, 0.6) is 11.5 Å². The highest BCUT2D eigenvalue weighted by atomic mass is 79.9. The first-order valence-corrected chi connectivity index (χ1v) is 12.1. The number of hydrogen-bond acceptors (Lipinski definition) is 6. The van der Waals surface area contributed by atoms with E-state index in [-0.39, 0.29) is 18.6 Å². The summed E-state index contributed by atoms with van der Waals surface area (Å²) in [6.07, 6.45) is 0. The third-order valence-electron chi connectivity index (χ3n) is 5.99. The molecule has 0 radical (unpaired) electrons. The zero-order chi connectivity index (χ0) is 25.4. The molecule has 3 aromatic rings. The summed E-state index contributed by atoms with van der Waals surface area (Å²) in [7, 11) is 5.48. The van der Waals surface area contributed by atoms with Crippen molar-refractivity contribution in [2.45, 2.75) is 0 Å². The molecule has 0 spiro atoms. The summed E-state index contributed by atoms with van der Waals surface area (Å²) in [4.78, 5) is 29.1. The predicted octanol–water partition coefficient (Wildman–Crippen LogP) is 4.63. The summed E-state index contributed by atoms with van der Waals surface area (Å²) < 4.78 is 11.9. The molecule has 2 aliphatic rings. The lowest BCUT2D eigenvalue weighted by atomic mass is 9.99. The first-order chi connectivity index (χ1) is 17.3. The monoisotopic (exact) mass is 548 g/mol. The minimum absolute atomic E-state index is 0.00530. The normalized spacial score (nSPS) is 15.0. The zero-order valence-corrected chi connectivity index (χ0v) is 21.7. The molecule has 2 amide bonds. The maximum atomic E-state index is 13.2. The standard InChI is InChI=1S/C27H25BrN4O4/c1-31(2)14-24(33)32(3)19-8-6-18(7-9-19)29-26(16-4-11-22-23(12-16)36-15-35-22)25-20-10-5-17(28)13-21(20)30-27(25)34/h4-13,29H,14-15H2,1-3H3,(H,30,34)/b26-25-. The fourth-order valence-electron chi connectivity index (χ4n) is 4.16. The molecule has 36 heavy (non-hydrogen) atoms. The number of rotatable bonds is 6. The molecule has 0 saturated carbocycles. The number of amides is 2. The third kappa shape index (κ3) is 4.67. The molecule has 5 rings (SSSR count). The first-order valence-electron chi connectivity index (χ1n) is 11.3. The summed E-state index contributed by atoms with van der Waals surface area (Å²) >= 11 is 3.47. The Kier molecular flexibility index (Phi) is 6.42. The summed E-state index contributed by atoms with van der Waals surface area (Å²) in [5.41, 5.74) is 5.02. The Labute approximate surface area is 217 Å². The van der Waals surface area contributed by atoms with Gasteiger partial charge in [-0.05, 0) is 68.7 Å². The van der Waals surface area contributed by atoms with E-state index in [1.807, 2.05) is 79.7 Å².